The lowest BCUT2D eigenvalue weighted by Gasteiger charge is -2.34. The molecule has 3 atom stereocenters. The lowest BCUT2D eigenvalue weighted by Crippen LogP contribution is -2.42. The van der Waals surface area contributed by atoms with Crippen LogP contribution in [0.15, 0.2) is 5.16 Å². The fraction of sp³-hybridized carbons (Fsp3) is 0.917. The monoisotopic (exact) mass is 269 g/mol. The molecule has 1 aromatic heterocycles. The summed E-state index contributed by atoms with van der Waals surface area (Å²) in [5.41, 5.74) is 0. The summed E-state index contributed by atoms with van der Waals surface area (Å²) in [7, 11) is 1.91. The summed E-state index contributed by atoms with van der Waals surface area (Å²) in [6, 6.07) is 0.600. The molecule has 1 aliphatic carbocycles. The van der Waals surface area contributed by atoms with Crippen molar-refractivity contribution < 1.29 is 0 Å². The van der Waals surface area contributed by atoms with Crippen molar-refractivity contribution in [2.75, 3.05) is 6.54 Å². The van der Waals surface area contributed by atoms with Crippen LogP contribution in [-0.2, 0) is 7.05 Å². The highest BCUT2D eigenvalue weighted by atomic mass is 32.2. The standard InChI is InChI=1S/C12H23N5S/c1-4-7-13-10-6-5-9(2)8-11(10)18-12-14-15-16-17(12)3/h9-11,13H,4-8H2,1-3H3. The molecule has 0 radical (unpaired) electrons. The molecule has 0 aliphatic heterocycles. The maximum absolute atomic E-state index is 4.09. The Hall–Kier alpha value is -0.620. The second-order valence-electron chi connectivity index (χ2n) is 5.22. The third kappa shape index (κ3) is 3.45. The Morgan fingerprint density at radius 3 is 2.94 bits per heavy atom. The van der Waals surface area contributed by atoms with Gasteiger partial charge in [-0.2, -0.15) is 0 Å². The third-order valence-corrected chi connectivity index (χ3v) is 4.93. The Labute approximate surface area is 113 Å². The van der Waals surface area contributed by atoms with Gasteiger partial charge >= 0.3 is 0 Å². The van der Waals surface area contributed by atoms with E-state index in [1.165, 1.54) is 25.7 Å². The number of rotatable bonds is 5. The van der Waals surface area contributed by atoms with Crippen LogP contribution in [0.4, 0.5) is 0 Å². The number of hydrogen-bond acceptors (Lipinski definition) is 5. The van der Waals surface area contributed by atoms with Gasteiger partial charge in [0.1, 0.15) is 0 Å². The number of nitrogens with one attached hydrogen (secondary N) is 1. The quantitative estimate of drug-likeness (QED) is 0.884. The first kappa shape index (κ1) is 13.8. The Kier molecular flexibility index (Phi) is 5.00. The number of thioether (sulfide) groups is 1. The van der Waals surface area contributed by atoms with Crippen molar-refractivity contribution in [1.82, 2.24) is 25.5 Å². The van der Waals surface area contributed by atoms with E-state index in [-0.39, 0.29) is 0 Å². The molecule has 0 amide bonds. The summed E-state index contributed by atoms with van der Waals surface area (Å²) < 4.78 is 1.76. The van der Waals surface area contributed by atoms with Crippen molar-refractivity contribution in [1.29, 1.82) is 0 Å². The summed E-state index contributed by atoms with van der Waals surface area (Å²) >= 11 is 1.82. The Balaban J connectivity index is 1.98. The zero-order valence-electron chi connectivity index (χ0n) is 11.5. The van der Waals surface area contributed by atoms with Crippen molar-refractivity contribution in [3.05, 3.63) is 0 Å². The van der Waals surface area contributed by atoms with Crippen LogP contribution in [-0.4, -0.2) is 38.0 Å². The lowest BCUT2D eigenvalue weighted by atomic mass is 9.87. The molecule has 1 saturated carbocycles. The molecule has 1 heterocycles. The van der Waals surface area contributed by atoms with E-state index in [1.54, 1.807) is 4.68 Å². The van der Waals surface area contributed by atoms with Crippen LogP contribution in [0.3, 0.4) is 0 Å². The highest BCUT2D eigenvalue weighted by Gasteiger charge is 2.30. The predicted octanol–water partition coefficient (Wildman–Crippen LogP) is 1.86. The normalized spacial score (nSPS) is 28.5. The molecule has 102 valence electrons. The maximum atomic E-state index is 4.09. The molecule has 3 unspecified atom stereocenters. The van der Waals surface area contributed by atoms with Crippen LogP contribution in [0.25, 0.3) is 0 Å². The average Bonchev–Trinajstić information content (AvgIpc) is 2.74. The van der Waals surface area contributed by atoms with Gasteiger partial charge in [-0.3, -0.25) is 0 Å². The van der Waals surface area contributed by atoms with Crippen LogP contribution in [0.5, 0.6) is 0 Å². The molecule has 6 heteroatoms. The Bertz CT molecular complexity index is 365. The molecule has 0 aromatic carbocycles. The predicted molar refractivity (Wildman–Crippen MR) is 73.5 cm³/mol. The van der Waals surface area contributed by atoms with Gasteiger partial charge in [0, 0.05) is 18.3 Å². The second kappa shape index (κ2) is 6.52. The van der Waals surface area contributed by atoms with Gasteiger partial charge in [0.05, 0.1) is 0 Å². The van der Waals surface area contributed by atoms with Gasteiger partial charge in [0.15, 0.2) is 0 Å². The van der Waals surface area contributed by atoms with E-state index in [0.717, 1.165) is 17.6 Å². The van der Waals surface area contributed by atoms with E-state index in [0.29, 0.717) is 11.3 Å². The second-order valence-corrected chi connectivity index (χ2v) is 6.43. The van der Waals surface area contributed by atoms with E-state index >= 15 is 0 Å². The highest BCUT2D eigenvalue weighted by molar-refractivity contribution is 7.99. The van der Waals surface area contributed by atoms with Gasteiger partial charge in [0.2, 0.25) is 5.16 Å². The zero-order valence-corrected chi connectivity index (χ0v) is 12.3. The van der Waals surface area contributed by atoms with Gasteiger partial charge in [-0.25, -0.2) is 4.68 Å². The molecule has 0 bridgehead atoms. The van der Waals surface area contributed by atoms with Crippen molar-refractivity contribution in [2.24, 2.45) is 13.0 Å². The topological polar surface area (TPSA) is 55.6 Å². The highest BCUT2D eigenvalue weighted by Crippen LogP contribution is 2.35. The zero-order chi connectivity index (χ0) is 13.0. The van der Waals surface area contributed by atoms with Crippen molar-refractivity contribution >= 4 is 11.8 Å². The van der Waals surface area contributed by atoms with Gasteiger partial charge in [-0.05, 0) is 48.6 Å². The maximum Gasteiger partial charge on any atom is 0.209 e. The van der Waals surface area contributed by atoms with Crippen LogP contribution < -0.4 is 5.32 Å². The number of tetrazole rings is 1. The summed E-state index contributed by atoms with van der Waals surface area (Å²) in [6.07, 6.45) is 5.04. The van der Waals surface area contributed by atoms with Gasteiger partial charge < -0.3 is 5.32 Å². The molecule has 1 aliphatic rings. The van der Waals surface area contributed by atoms with E-state index in [1.807, 2.05) is 18.8 Å². The van der Waals surface area contributed by atoms with Crippen LogP contribution in [0.2, 0.25) is 0 Å². The van der Waals surface area contributed by atoms with Crippen molar-refractivity contribution in [3.8, 4) is 0 Å². The van der Waals surface area contributed by atoms with E-state index in [4.69, 9.17) is 0 Å². The number of aromatic nitrogens is 4. The van der Waals surface area contributed by atoms with Gasteiger partial charge in [0.25, 0.3) is 0 Å². The fourth-order valence-corrected chi connectivity index (χ4v) is 3.84. The molecular formula is C12H23N5S. The van der Waals surface area contributed by atoms with Crippen LogP contribution in [0, 0.1) is 5.92 Å². The first-order chi connectivity index (χ1) is 8.70. The first-order valence-corrected chi connectivity index (χ1v) is 7.71. The summed E-state index contributed by atoms with van der Waals surface area (Å²) in [5.74, 6) is 0.809. The molecule has 0 saturated heterocycles. The molecule has 1 aromatic rings. The summed E-state index contributed by atoms with van der Waals surface area (Å²) in [4.78, 5) is 0. The first-order valence-electron chi connectivity index (χ1n) is 6.83. The van der Waals surface area contributed by atoms with Crippen LogP contribution >= 0.6 is 11.8 Å². The van der Waals surface area contributed by atoms with E-state index in [2.05, 4.69) is 34.7 Å². The molecule has 1 N–H and O–H groups in total. The molecule has 2 rings (SSSR count). The number of hydrogen-bond donors (Lipinski definition) is 1. The number of aryl methyl sites for hydroxylation is 1. The van der Waals surface area contributed by atoms with Gasteiger partial charge in [-0.1, -0.05) is 25.6 Å². The summed E-state index contributed by atoms with van der Waals surface area (Å²) in [5, 5.41) is 16.9. The van der Waals surface area contributed by atoms with Crippen LogP contribution in [0.1, 0.15) is 39.5 Å². The Morgan fingerprint density at radius 2 is 2.28 bits per heavy atom. The molecule has 1 fully saturated rings. The fourth-order valence-electron chi connectivity index (χ4n) is 2.48. The SMILES string of the molecule is CCCNC1CCC(C)CC1Sc1nnnn1C. The number of nitrogens with zero attached hydrogens (tertiary/aromatic N) is 4. The average molecular weight is 269 g/mol. The largest absolute Gasteiger partial charge is 0.313 e. The summed E-state index contributed by atoms with van der Waals surface area (Å²) in [6.45, 7) is 5.67. The minimum absolute atomic E-state index is 0.588. The molecule has 0 spiro atoms. The minimum atomic E-state index is 0.588. The van der Waals surface area contributed by atoms with Crippen molar-refractivity contribution in [2.45, 2.75) is 56.0 Å². The molecule has 5 nitrogen and oxygen atoms in total. The lowest BCUT2D eigenvalue weighted by molar-refractivity contribution is 0.317. The van der Waals surface area contributed by atoms with Gasteiger partial charge in [-0.15, -0.1) is 5.10 Å². The van der Waals surface area contributed by atoms with E-state index < -0.39 is 0 Å². The third-order valence-electron chi connectivity index (χ3n) is 3.55. The molecular weight excluding hydrogens is 246 g/mol. The minimum Gasteiger partial charge on any atom is -0.313 e. The Morgan fingerprint density at radius 1 is 1.44 bits per heavy atom. The molecule has 18 heavy (non-hydrogen) atoms. The smallest absolute Gasteiger partial charge is 0.209 e. The van der Waals surface area contributed by atoms with Crippen molar-refractivity contribution in [3.63, 3.8) is 0 Å². The van der Waals surface area contributed by atoms with E-state index in [9.17, 15) is 0 Å².